The van der Waals surface area contributed by atoms with Crippen LogP contribution in [0.25, 0.3) is 0 Å². The van der Waals surface area contributed by atoms with Crippen molar-refractivity contribution in [2.45, 2.75) is 6.92 Å². The van der Waals surface area contributed by atoms with Crippen molar-refractivity contribution in [1.29, 1.82) is 0 Å². The van der Waals surface area contributed by atoms with Crippen LogP contribution < -0.4 is 11.1 Å². The molecule has 0 saturated carbocycles. The topological polar surface area (TPSA) is 78.6 Å². The Bertz CT molecular complexity index is 393. The third-order valence-corrected chi connectivity index (χ3v) is 2.64. The zero-order valence-electron chi connectivity index (χ0n) is 10.2. The van der Waals surface area contributed by atoms with Gasteiger partial charge in [-0.25, -0.2) is 4.79 Å². The SMILES string of the molecule is CCN(C)CCNc1ccc(C(=O)O)c(N)c1. The number of nitrogens with two attached hydrogens (primary N) is 1. The number of carboxylic acids is 1. The van der Waals surface area contributed by atoms with Crippen LogP contribution in [0.15, 0.2) is 18.2 Å². The molecule has 0 aliphatic carbocycles. The molecule has 0 atom stereocenters. The molecule has 94 valence electrons. The molecule has 0 fully saturated rings. The van der Waals surface area contributed by atoms with Crippen molar-refractivity contribution >= 4 is 17.3 Å². The molecule has 0 saturated heterocycles. The molecule has 0 unspecified atom stereocenters. The first-order chi connectivity index (χ1) is 8.04. The second kappa shape index (κ2) is 6.10. The molecular weight excluding hydrogens is 218 g/mol. The highest BCUT2D eigenvalue weighted by Gasteiger charge is 2.07. The molecule has 0 aromatic heterocycles. The Labute approximate surface area is 101 Å². The monoisotopic (exact) mass is 237 g/mol. The van der Waals surface area contributed by atoms with Gasteiger partial charge in [-0.2, -0.15) is 0 Å². The normalized spacial score (nSPS) is 10.5. The molecule has 1 aromatic rings. The van der Waals surface area contributed by atoms with Crippen LogP contribution in [0.2, 0.25) is 0 Å². The summed E-state index contributed by atoms with van der Waals surface area (Å²) in [6.07, 6.45) is 0. The predicted molar refractivity (Wildman–Crippen MR) is 69.5 cm³/mol. The van der Waals surface area contributed by atoms with Gasteiger partial charge in [-0.3, -0.25) is 0 Å². The second-order valence-corrected chi connectivity index (χ2v) is 3.93. The number of carbonyl (C=O) groups is 1. The Balaban J connectivity index is 2.56. The third-order valence-electron chi connectivity index (χ3n) is 2.64. The summed E-state index contributed by atoms with van der Waals surface area (Å²) in [4.78, 5) is 13.0. The number of rotatable bonds is 6. The summed E-state index contributed by atoms with van der Waals surface area (Å²) < 4.78 is 0. The van der Waals surface area contributed by atoms with Crippen LogP contribution in [-0.2, 0) is 0 Å². The summed E-state index contributed by atoms with van der Waals surface area (Å²) in [6, 6.07) is 4.89. The average molecular weight is 237 g/mol. The van der Waals surface area contributed by atoms with E-state index in [9.17, 15) is 4.79 Å². The fourth-order valence-corrected chi connectivity index (χ4v) is 1.42. The summed E-state index contributed by atoms with van der Waals surface area (Å²) in [5.41, 5.74) is 6.92. The van der Waals surface area contributed by atoms with Crippen molar-refractivity contribution in [1.82, 2.24) is 4.90 Å². The van der Waals surface area contributed by atoms with Gasteiger partial charge in [0.05, 0.1) is 5.56 Å². The Kier molecular flexibility index (Phi) is 4.78. The highest BCUT2D eigenvalue weighted by Crippen LogP contribution is 2.17. The van der Waals surface area contributed by atoms with E-state index in [1.165, 1.54) is 6.07 Å². The lowest BCUT2D eigenvalue weighted by Gasteiger charge is -2.15. The van der Waals surface area contributed by atoms with Crippen molar-refractivity contribution in [2.75, 3.05) is 37.7 Å². The van der Waals surface area contributed by atoms with Gasteiger partial charge in [0.15, 0.2) is 0 Å². The van der Waals surface area contributed by atoms with E-state index in [2.05, 4.69) is 17.1 Å². The van der Waals surface area contributed by atoms with Gasteiger partial charge < -0.3 is 21.1 Å². The number of likely N-dealkylation sites (N-methyl/N-ethyl adjacent to an activating group) is 1. The zero-order valence-corrected chi connectivity index (χ0v) is 10.2. The van der Waals surface area contributed by atoms with Gasteiger partial charge in [0.1, 0.15) is 0 Å². The lowest BCUT2D eigenvalue weighted by atomic mass is 10.1. The standard InChI is InChI=1S/C12H19N3O2/c1-3-15(2)7-6-14-9-4-5-10(12(16)17)11(13)8-9/h4-5,8,14H,3,6-7,13H2,1-2H3,(H,16,17). The van der Waals surface area contributed by atoms with E-state index in [-0.39, 0.29) is 11.3 Å². The quantitative estimate of drug-likeness (QED) is 0.650. The number of anilines is 2. The van der Waals surface area contributed by atoms with E-state index in [0.717, 1.165) is 25.3 Å². The van der Waals surface area contributed by atoms with Gasteiger partial charge in [0, 0.05) is 24.5 Å². The zero-order chi connectivity index (χ0) is 12.8. The molecule has 1 rings (SSSR count). The summed E-state index contributed by atoms with van der Waals surface area (Å²) in [6.45, 7) is 4.83. The fraction of sp³-hybridized carbons (Fsp3) is 0.417. The van der Waals surface area contributed by atoms with Gasteiger partial charge in [0.25, 0.3) is 0 Å². The molecule has 0 heterocycles. The lowest BCUT2D eigenvalue weighted by Crippen LogP contribution is -2.24. The average Bonchev–Trinajstić information content (AvgIpc) is 2.28. The van der Waals surface area contributed by atoms with Crippen molar-refractivity contribution in [3.05, 3.63) is 23.8 Å². The van der Waals surface area contributed by atoms with E-state index in [4.69, 9.17) is 10.8 Å². The Morgan fingerprint density at radius 1 is 1.53 bits per heavy atom. The maximum Gasteiger partial charge on any atom is 0.337 e. The van der Waals surface area contributed by atoms with Gasteiger partial charge in [-0.05, 0) is 31.8 Å². The first kappa shape index (κ1) is 13.3. The minimum Gasteiger partial charge on any atom is -0.478 e. The molecular formula is C12H19N3O2. The van der Waals surface area contributed by atoms with E-state index in [1.54, 1.807) is 12.1 Å². The van der Waals surface area contributed by atoms with Gasteiger partial charge in [0.2, 0.25) is 0 Å². The van der Waals surface area contributed by atoms with E-state index >= 15 is 0 Å². The number of carboxylic acid groups (broad SMARTS) is 1. The number of nitrogen functional groups attached to an aromatic ring is 1. The molecule has 1 aromatic carbocycles. The minimum atomic E-state index is -1.00. The Morgan fingerprint density at radius 3 is 2.76 bits per heavy atom. The minimum absolute atomic E-state index is 0.140. The molecule has 17 heavy (non-hydrogen) atoms. The van der Waals surface area contributed by atoms with Crippen molar-refractivity contribution in [3.63, 3.8) is 0 Å². The number of nitrogens with one attached hydrogen (secondary N) is 1. The lowest BCUT2D eigenvalue weighted by molar-refractivity contribution is 0.0698. The number of hydrogen-bond acceptors (Lipinski definition) is 4. The first-order valence-corrected chi connectivity index (χ1v) is 5.59. The summed E-state index contributed by atoms with van der Waals surface area (Å²) >= 11 is 0. The number of nitrogens with zero attached hydrogens (tertiary/aromatic N) is 1. The van der Waals surface area contributed by atoms with E-state index in [1.807, 2.05) is 7.05 Å². The maximum atomic E-state index is 10.8. The van der Waals surface area contributed by atoms with Crippen LogP contribution in [0.1, 0.15) is 17.3 Å². The molecule has 0 aliphatic heterocycles. The number of hydrogen-bond donors (Lipinski definition) is 3. The second-order valence-electron chi connectivity index (χ2n) is 3.93. The van der Waals surface area contributed by atoms with E-state index < -0.39 is 5.97 Å². The van der Waals surface area contributed by atoms with Crippen LogP contribution in [0, 0.1) is 0 Å². The largest absolute Gasteiger partial charge is 0.478 e. The highest BCUT2D eigenvalue weighted by molar-refractivity contribution is 5.94. The van der Waals surface area contributed by atoms with Crippen LogP contribution in [0.4, 0.5) is 11.4 Å². The van der Waals surface area contributed by atoms with Gasteiger partial charge >= 0.3 is 5.97 Å². The molecule has 4 N–H and O–H groups in total. The van der Waals surface area contributed by atoms with Crippen LogP contribution in [0.3, 0.4) is 0 Å². The van der Waals surface area contributed by atoms with Crippen molar-refractivity contribution in [3.8, 4) is 0 Å². The molecule has 0 aliphatic rings. The molecule has 0 spiro atoms. The fourth-order valence-electron chi connectivity index (χ4n) is 1.42. The van der Waals surface area contributed by atoms with E-state index in [0.29, 0.717) is 0 Å². The Hall–Kier alpha value is -1.75. The van der Waals surface area contributed by atoms with Gasteiger partial charge in [-0.1, -0.05) is 6.92 Å². The Morgan fingerprint density at radius 2 is 2.24 bits per heavy atom. The number of benzene rings is 1. The van der Waals surface area contributed by atoms with Crippen LogP contribution in [-0.4, -0.2) is 42.7 Å². The summed E-state index contributed by atoms with van der Waals surface area (Å²) in [5.74, 6) is -1.00. The molecule has 0 radical (unpaired) electrons. The molecule has 5 heteroatoms. The number of aromatic carboxylic acids is 1. The predicted octanol–water partition coefficient (Wildman–Crippen LogP) is 1.33. The first-order valence-electron chi connectivity index (χ1n) is 5.59. The summed E-state index contributed by atoms with van der Waals surface area (Å²) in [7, 11) is 2.05. The molecule has 0 bridgehead atoms. The molecule has 5 nitrogen and oxygen atoms in total. The smallest absolute Gasteiger partial charge is 0.337 e. The third kappa shape index (κ3) is 3.96. The molecule has 0 amide bonds. The summed E-state index contributed by atoms with van der Waals surface area (Å²) in [5, 5.41) is 12.0. The van der Waals surface area contributed by atoms with Gasteiger partial charge in [-0.15, -0.1) is 0 Å². The van der Waals surface area contributed by atoms with Crippen molar-refractivity contribution in [2.24, 2.45) is 0 Å². The highest BCUT2D eigenvalue weighted by atomic mass is 16.4. The van der Waals surface area contributed by atoms with Crippen molar-refractivity contribution < 1.29 is 9.90 Å². The van der Waals surface area contributed by atoms with Crippen LogP contribution >= 0.6 is 0 Å². The van der Waals surface area contributed by atoms with Crippen LogP contribution in [0.5, 0.6) is 0 Å². The maximum absolute atomic E-state index is 10.8.